The first-order chi connectivity index (χ1) is 21.7. The van der Waals surface area contributed by atoms with Gasteiger partial charge in [-0.15, -0.1) is 0 Å². The minimum absolute atomic E-state index is 0.0312. The molecule has 1 fully saturated rings. The molecule has 5 N–H and O–H groups in total. The third-order valence-corrected chi connectivity index (χ3v) is 7.38. The molecule has 45 heavy (non-hydrogen) atoms. The molecule has 0 spiro atoms. The van der Waals surface area contributed by atoms with Crippen molar-refractivity contribution < 1.29 is 38.9 Å². The summed E-state index contributed by atoms with van der Waals surface area (Å²) in [5.41, 5.74) is 1.16. The summed E-state index contributed by atoms with van der Waals surface area (Å²) >= 11 is 0. The molecule has 12 nitrogen and oxygen atoms in total. The van der Waals surface area contributed by atoms with Gasteiger partial charge >= 0.3 is 0 Å². The van der Waals surface area contributed by atoms with Crippen LogP contribution in [-0.2, 0) is 19.1 Å². The summed E-state index contributed by atoms with van der Waals surface area (Å²) in [4.78, 5) is 51.0. The van der Waals surface area contributed by atoms with Gasteiger partial charge in [0, 0.05) is 50.7 Å². The highest BCUT2D eigenvalue weighted by atomic mass is 16.7. The van der Waals surface area contributed by atoms with Crippen molar-refractivity contribution in [2.24, 2.45) is 0 Å². The number of benzene rings is 2. The number of amides is 4. The Kier molecular flexibility index (Phi) is 14.8. The minimum atomic E-state index is -1.26. The Morgan fingerprint density at radius 3 is 2.36 bits per heavy atom. The molecule has 2 aromatic rings. The zero-order chi connectivity index (χ0) is 32.6. The Labute approximate surface area is 264 Å². The van der Waals surface area contributed by atoms with E-state index < -0.39 is 30.4 Å². The molecule has 2 aromatic carbocycles. The van der Waals surface area contributed by atoms with Crippen LogP contribution in [0.5, 0.6) is 5.75 Å². The first kappa shape index (κ1) is 35.5. The molecular formula is C33H46N4O8. The van der Waals surface area contributed by atoms with Crippen molar-refractivity contribution in [2.75, 3.05) is 31.6 Å². The third kappa shape index (κ3) is 12.1. The number of nitrogens with zero attached hydrogens (tertiary/aromatic N) is 1. The van der Waals surface area contributed by atoms with Gasteiger partial charge in [0.2, 0.25) is 24.0 Å². The second kappa shape index (κ2) is 18.7. The summed E-state index contributed by atoms with van der Waals surface area (Å²) < 4.78 is 11.3. The number of carbonyl (C=O) groups excluding carboxylic acids is 4. The number of hydrogen-bond acceptors (Lipinski definition) is 8. The van der Waals surface area contributed by atoms with Crippen LogP contribution in [0.1, 0.15) is 69.2 Å². The van der Waals surface area contributed by atoms with Crippen molar-refractivity contribution in [3.05, 3.63) is 60.2 Å². The highest BCUT2D eigenvalue weighted by molar-refractivity contribution is 5.94. The number of unbranched alkanes of at least 4 members (excludes halogenated alkanes) is 3. The lowest BCUT2D eigenvalue weighted by Gasteiger charge is -2.38. The maximum Gasteiger partial charge on any atom is 0.251 e. The van der Waals surface area contributed by atoms with E-state index in [0.29, 0.717) is 43.1 Å². The number of carbonyl (C=O) groups is 4. The molecule has 1 heterocycles. The van der Waals surface area contributed by atoms with E-state index in [2.05, 4.69) is 16.0 Å². The molecule has 246 valence electrons. The molecule has 1 saturated heterocycles. The standard InChI is InChI=1S/C33H46N4O8/c1-3-4-13-29(41)37(20-10-6-9-19-34-32(43)24-11-7-5-8-12-24)21-18-28(40)36-25-14-16-26(17-15-25)45-33-30(35-23(2)38)31(42)27(39)22-44-33/h5,7-8,11-12,14-17,27,30-31,33,39,42H,3-4,6,9-10,13,18-22H2,1-2H3,(H,34,43)(H,35,38)(H,36,40)/t27-,30+,31-,33+/m0/s1. The first-order valence-corrected chi connectivity index (χ1v) is 15.6. The smallest absolute Gasteiger partial charge is 0.251 e. The van der Waals surface area contributed by atoms with Gasteiger partial charge in [0.15, 0.2) is 0 Å². The van der Waals surface area contributed by atoms with Crippen LogP contribution in [0.15, 0.2) is 54.6 Å². The molecule has 1 aliphatic rings. The van der Waals surface area contributed by atoms with Gasteiger partial charge in [0.05, 0.1) is 6.61 Å². The number of aliphatic hydroxyl groups excluding tert-OH is 2. The molecular weight excluding hydrogens is 580 g/mol. The van der Waals surface area contributed by atoms with Crippen molar-refractivity contribution in [3.63, 3.8) is 0 Å². The van der Waals surface area contributed by atoms with Crippen LogP contribution in [0, 0.1) is 0 Å². The highest BCUT2D eigenvalue weighted by Gasteiger charge is 2.40. The number of hydrogen-bond donors (Lipinski definition) is 5. The molecule has 4 atom stereocenters. The van der Waals surface area contributed by atoms with Gasteiger partial charge in [-0.2, -0.15) is 0 Å². The van der Waals surface area contributed by atoms with Crippen molar-refractivity contribution in [2.45, 2.75) is 83.3 Å². The van der Waals surface area contributed by atoms with Gasteiger partial charge in [-0.25, -0.2) is 0 Å². The number of aliphatic hydroxyl groups is 2. The SMILES string of the molecule is CCCCC(=O)N(CCCCCNC(=O)c1ccccc1)CCC(=O)Nc1ccc(O[C@H]2OC[C@H](O)[C@H](O)[C@H]2NC(C)=O)cc1. The van der Waals surface area contributed by atoms with Crippen molar-refractivity contribution >= 4 is 29.3 Å². The zero-order valence-corrected chi connectivity index (χ0v) is 26.1. The van der Waals surface area contributed by atoms with Gasteiger partial charge in [-0.3, -0.25) is 19.2 Å². The molecule has 0 aromatic heterocycles. The van der Waals surface area contributed by atoms with Crippen LogP contribution in [0.25, 0.3) is 0 Å². The Morgan fingerprint density at radius 2 is 1.67 bits per heavy atom. The van der Waals surface area contributed by atoms with E-state index in [1.165, 1.54) is 6.92 Å². The van der Waals surface area contributed by atoms with Crippen LogP contribution in [0.4, 0.5) is 5.69 Å². The van der Waals surface area contributed by atoms with E-state index in [1.54, 1.807) is 41.3 Å². The first-order valence-electron chi connectivity index (χ1n) is 15.6. The largest absolute Gasteiger partial charge is 0.463 e. The number of anilines is 1. The van der Waals surface area contributed by atoms with E-state index in [1.807, 2.05) is 25.1 Å². The normalized spacial score (nSPS) is 19.3. The summed E-state index contributed by atoms with van der Waals surface area (Å²) in [5, 5.41) is 28.4. The monoisotopic (exact) mass is 626 g/mol. The molecule has 1 aliphatic heterocycles. The Bertz CT molecular complexity index is 1230. The Balaban J connectivity index is 1.43. The van der Waals surface area contributed by atoms with Gasteiger partial charge < -0.3 is 40.5 Å². The predicted molar refractivity (Wildman–Crippen MR) is 168 cm³/mol. The molecule has 0 aliphatic carbocycles. The zero-order valence-electron chi connectivity index (χ0n) is 26.1. The molecule has 4 amide bonds. The number of ether oxygens (including phenoxy) is 2. The maximum absolute atomic E-state index is 12.8. The van der Waals surface area contributed by atoms with Crippen LogP contribution in [-0.4, -0.2) is 89.5 Å². The average molecular weight is 627 g/mol. The lowest BCUT2D eigenvalue weighted by Crippen LogP contribution is -2.61. The fourth-order valence-corrected chi connectivity index (χ4v) is 4.85. The lowest BCUT2D eigenvalue weighted by atomic mass is 10.0. The van der Waals surface area contributed by atoms with Gasteiger partial charge in [-0.05, 0) is 62.1 Å². The summed E-state index contributed by atoms with van der Waals surface area (Å²) in [6.45, 7) is 4.57. The fourth-order valence-electron chi connectivity index (χ4n) is 4.85. The Morgan fingerprint density at radius 1 is 0.933 bits per heavy atom. The van der Waals surface area contributed by atoms with Crippen molar-refractivity contribution in [1.82, 2.24) is 15.5 Å². The summed E-state index contributed by atoms with van der Waals surface area (Å²) in [6, 6.07) is 14.6. The molecule has 12 heteroatoms. The van der Waals surface area contributed by atoms with E-state index in [4.69, 9.17) is 9.47 Å². The average Bonchev–Trinajstić information content (AvgIpc) is 3.03. The van der Waals surface area contributed by atoms with E-state index >= 15 is 0 Å². The summed E-state index contributed by atoms with van der Waals surface area (Å²) in [7, 11) is 0. The predicted octanol–water partition coefficient (Wildman–Crippen LogP) is 2.60. The minimum Gasteiger partial charge on any atom is -0.463 e. The molecule has 0 bridgehead atoms. The van der Waals surface area contributed by atoms with E-state index in [0.717, 1.165) is 32.1 Å². The van der Waals surface area contributed by atoms with Gasteiger partial charge in [0.1, 0.15) is 24.0 Å². The van der Waals surface area contributed by atoms with E-state index in [-0.39, 0.29) is 30.7 Å². The topological polar surface area (TPSA) is 167 Å². The van der Waals surface area contributed by atoms with Crippen molar-refractivity contribution in [1.29, 1.82) is 0 Å². The molecule has 0 saturated carbocycles. The number of rotatable bonds is 17. The summed E-state index contributed by atoms with van der Waals surface area (Å²) in [5.74, 6) is -0.333. The molecule has 0 unspecified atom stereocenters. The lowest BCUT2D eigenvalue weighted by molar-refractivity contribution is -0.201. The van der Waals surface area contributed by atoms with Crippen LogP contribution < -0.4 is 20.7 Å². The van der Waals surface area contributed by atoms with Crippen LogP contribution in [0.2, 0.25) is 0 Å². The second-order valence-electron chi connectivity index (χ2n) is 11.1. The van der Waals surface area contributed by atoms with Crippen LogP contribution >= 0.6 is 0 Å². The van der Waals surface area contributed by atoms with Crippen molar-refractivity contribution in [3.8, 4) is 5.75 Å². The van der Waals surface area contributed by atoms with Gasteiger partial charge in [-0.1, -0.05) is 31.5 Å². The quantitative estimate of drug-likeness (QED) is 0.167. The number of nitrogens with one attached hydrogen (secondary N) is 3. The fraction of sp³-hybridized carbons (Fsp3) is 0.515. The van der Waals surface area contributed by atoms with Gasteiger partial charge in [0.25, 0.3) is 5.91 Å². The summed E-state index contributed by atoms with van der Waals surface area (Å²) in [6.07, 6.45) is 1.24. The highest BCUT2D eigenvalue weighted by Crippen LogP contribution is 2.22. The van der Waals surface area contributed by atoms with Crippen LogP contribution in [0.3, 0.4) is 0 Å². The second-order valence-corrected chi connectivity index (χ2v) is 11.1. The Hall–Kier alpha value is -4.00. The molecule has 0 radical (unpaired) electrons. The molecule has 3 rings (SSSR count). The van der Waals surface area contributed by atoms with E-state index in [9.17, 15) is 29.4 Å². The third-order valence-electron chi connectivity index (χ3n) is 7.38. The maximum atomic E-state index is 12.8.